The summed E-state index contributed by atoms with van der Waals surface area (Å²) in [5.74, 6) is 0.909. The van der Waals surface area contributed by atoms with Crippen molar-refractivity contribution in [3.63, 3.8) is 0 Å². The van der Waals surface area contributed by atoms with Crippen molar-refractivity contribution in [2.24, 2.45) is 13.0 Å². The van der Waals surface area contributed by atoms with E-state index < -0.39 is 0 Å². The number of hydrogen-bond donors (Lipinski definition) is 2. The Kier molecular flexibility index (Phi) is 7.19. The number of carbonyl (C=O) groups is 1. The number of aromatic nitrogens is 2. The van der Waals surface area contributed by atoms with Gasteiger partial charge in [0.15, 0.2) is 0 Å². The Hall–Kier alpha value is -2.14. The monoisotopic (exact) mass is 370 g/mol. The number of hydrogen-bond acceptors (Lipinski definition) is 3. The molecule has 0 fully saturated rings. The van der Waals surface area contributed by atoms with E-state index >= 15 is 0 Å². The van der Waals surface area contributed by atoms with E-state index in [2.05, 4.69) is 67.7 Å². The van der Waals surface area contributed by atoms with Gasteiger partial charge in [-0.25, -0.2) is 0 Å². The van der Waals surface area contributed by atoms with E-state index in [0.29, 0.717) is 11.8 Å². The normalized spacial score (nSPS) is 13.6. The molecular formula is C22H34N4O. The fourth-order valence-electron chi connectivity index (χ4n) is 3.35. The molecule has 0 saturated carbocycles. The minimum Gasteiger partial charge on any atom is -0.322 e. The lowest BCUT2D eigenvalue weighted by molar-refractivity contribution is -0.115. The zero-order valence-electron chi connectivity index (χ0n) is 17.8. The average molecular weight is 371 g/mol. The third-order valence-corrected chi connectivity index (χ3v) is 5.40. The van der Waals surface area contributed by atoms with Gasteiger partial charge in [-0.1, -0.05) is 52.0 Å². The molecule has 1 aromatic heterocycles. The van der Waals surface area contributed by atoms with E-state index in [1.165, 1.54) is 11.1 Å². The van der Waals surface area contributed by atoms with Crippen LogP contribution in [0.3, 0.4) is 0 Å². The first-order valence-corrected chi connectivity index (χ1v) is 9.87. The average Bonchev–Trinajstić information content (AvgIpc) is 2.87. The van der Waals surface area contributed by atoms with E-state index in [0.717, 1.165) is 23.5 Å². The van der Waals surface area contributed by atoms with Gasteiger partial charge >= 0.3 is 0 Å². The standard InChI is InChI=1S/C22H34N4O/c1-8-15(4)18-9-11-19(12-10-18)21(14(2)3)23-13-20(27)24-22-16(5)25-26(7)17(22)6/h9-12,14-15,21,23H,8,13H2,1-7H3,(H,24,27)/t15-,21+/m0/s1. The van der Waals surface area contributed by atoms with Crippen molar-refractivity contribution in [2.75, 3.05) is 11.9 Å². The molecule has 1 aromatic carbocycles. The van der Waals surface area contributed by atoms with Crippen LogP contribution in [0.5, 0.6) is 0 Å². The summed E-state index contributed by atoms with van der Waals surface area (Å²) in [6.07, 6.45) is 1.14. The summed E-state index contributed by atoms with van der Waals surface area (Å²) in [5.41, 5.74) is 5.19. The molecular weight excluding hydrogens is 336 g/mol. The number of anilines is 1. The molecule has 0 aliphatic carbocycles. The Balaban J connectivity index is 2.03. The quantitative estimate of drug-likeness (QED) is 0.720. The first kappa shape index (κ1) is 21.2. The van der Waals surface area contributed by atoms with Crippen LogP contribution in [-0.4, -0.2) is 22.2 Å². The van der Waals surface area contributed by atoms with Gasteiger partial charge in [-0.15, -0.1) is 0 Å². The van der Waals surface area contributed by atoms with Crippen molar-refractivity contribution in [3.05, 3.63) is 46.8 Å². The molecule has 0 aliphatic heterocycles. The van der Waals surface area contributed by atoms with Crippen LogP contribution in [0.1, 0.15) is 68.6 Å². The highest BCUT2D eigenvalue weighted by molar-refractivity contribution is 5.93. The Bertz CT molecular complexity index is 761. The van der Waals surface area contributed by atoms with Crippen molar-refractivity contribution < 1.29 is 4.79 Å². The first-order valence-electron chi connectivity index (χ1n) is 9.87. The highest BCUT2D eigenvalue weighted by Crippen LogP contribution is 2.25. The summed E-state index contributed by atoms with van der Waals surface area (Å²) in [7, 11) is 1.88. The second kappa shape index (κ2) is 9.18. The number of carbonyl (C=O) groups excluding carboxylic acids is 1. The molecule has 0 aliphatic rings. The predicted octanol–water partition coefficient (Wildman–Crippen LogP) is 4.48. The molecule has 148 valence electrons. The van der Waals surface area contributed by atoms with Gasteiger partial charge in [-0.2, -0.15) is 5.10 Å². The van der Waals surface area contributed by atoms with Gasteiger partial charge < -0.3 is 10.6 Å². The molecule has 0 saturated heterocycles. The van der Waals surface area contributed by atoms with Gasteiger partial charge in [0.1, 0.15) is 0 Å². The fourth-order valence-corrected chi connectivity index (χ4v) is 3.35. The van der Waals surface area contributed by atoms with Crippen molar-refractivity contribution in [1.82, 2.24) is 15.1 Å². The molecule has 27 heavy (non-hydrogen) atoms. The molecule has 2 aromatic rings. The summed E-state index contributed by atoms with van der Waals surface area (Å²) in [6.45, 7) is 12.9. The fraction of sp³-hybridized carbons (Fsp3) is 0.545. The van der Waals surface area contributed by atoms with Crippen LogP contribution in [0, 0.1) is 19.8 Å². The van der Waals surface area contributed by atoms with Crippen molar-refractivity contribution in [3.8, 4) is 0 Å². The number of nitrogens with one attached hydrogen (secondary N) is 2. The van der Waals surface area contributed by atoms with E-state index in [9.17, 15) is 4.79 Å². The van der Waals surface area contributed by atoms with Crippen LogP contribution in [-0.2, 0) is 11.8 Å². The van der Waals surface area contributed by atoms with Crippen LogP contribution in [0.4, 0.5) is 5.69 Å². The van der Waals surface area contributed by atoms with Crippen LogP contribution in [0.15, 0.2) is 24.3 Å². The van der Waals surface area contributed by atoms with E-state index in [4.69, 9.17) is 0 Å². The Labute approximate surface area is 163 Å². The topological polar surface area (TPSA) is 59.0 Å². The van der Waals surface area contributed by atoms with E-state index in [1.807, 2.05) is 20.9 Å². The van der Waals surface area contributed by atoms with E-state index in [1.54, 1.807) is 4.68 Å². The third kappa shape index (κ3) is 5.19. The second-order valence-electron chi connectivity index (χ2n) is 7.80. The zero-order valence-corrected chi connectivity index (χ0v) is 17.8. The summed E-state index contributed by atoms with van der Waals surface area (Å²) < 4.78 is 1.79. The Morgan fingerprint density at radius 3 is 2.19 bits per heavy atom. The molecule has 0 unspecified atom stereocenters. The lowest BCUT2D eigenvalue weighted by Crippen LogP contribution is -2.33. The lowest BCUT2D eigenvalue weighted by Gasteiger charge is -2.23. The SMILES string of the molecule is CC[C@H](C)c1ccc([C@H](NCC(=O)Nc2c(C)nn(C)c2C)C(C)C)cc1. The van der Waals surface area contributed by atoms with Gasteiger partial charge in [0.2, 0.25) is 5.91 Å². The smallest absolute Gasteiger partial charge is 0.238 e. The number of aryl methyl sites for hydroxylation is 2. The second-order valence-corrected chi connectivity index (χ2v) is 7.80. The Morgan fingerprint density at radius 2 is 1.70 bits per heavy atom. The largest absolute Gasteiger partial charge is 0.322 e. The molecule has 2 atom stereocenters. The van der Waals surface area contributed by atoms with Crippen LogP contribution in [0.25, 0.3) is 0 Å². The number of nitrogens with zero attached hydrogens (tertiary/aromatic N) is 2. The highest BCUT2D eigenvalue weighted by Gasteiger charge is 2.18. The zero-order chi connectivity index (χ0) is 20.1. The molecule has 0 bridgehead atoms. The maximum atomic E-state index is 12.5. The number of amides is 1. The summed E-state index contributed by atoms with van der Waals surface area (Å²) in [5, 5.41) is 10.8. The van der Waals surface area contributed by atoms with Crippen molar-refractivity contribution >= 4 is 11.6 Å². The van der Waals surface area contributed by atoms with Gasteiger partial charge in [0.25, 0.3) is 0 Å². The summed E-state index contributed by atoms with van der Waals surface area (Å²) in [4.78, 5) is 12.5. The van der Waals surface area contributed by atoms with Crippen LogP contribution >= 0.6 is 0 Å². The van der Waals surface area contributed by atoms with Gasteiger partial charge in [0, 0.05) is 13.1 Å². The molecule has 2 N–H and O–H groups in total. The van der Waals surface area contributed by atoms with Crippen molar-refractivity contribution in [2.45, 2.75) is 59.9 Å². The molecule has 0 radical (unpaired) electrons. The third-order valence-electron chi connectivity index (χ3n) is 5.40. The van der Waals surface area contributed by atoms with E-state index in [-0.39, 0.29) is 18.5 Å². The molecule has 5 heteroatoms. The summed E-state index contributed by atoms with van der Waals surface area (Å²) in [6, 6.07) is 8.93. The molecule has 5 nitrogen and oxygen atoms in total. The lowest BCUT2D eigenvalue weighted by atomic mass is 9.92. The van der Waals surface area contributed by atoms with Crippen LogP contribution in [0.2, 0.25) is 0 Å². The number of rotatable bonds is 8. The minimum absolute atomic E-state index is 0.0453. The van der Waals surface area contributed by atoms with Gasteiger partial charge in [-0.05, 0) is 43.2 Å². The molecule has 1 heterocycles. The van der Waals surface area contributed by atoms with Crippen LogP contribution < -0.4 is 10.6 Å². The maximum absolute atomic E-state index is 12.5. The molecule has 1 amide bonds. The highest BCUT2D eigenvalue weighted by atomic mass is 16.1. The molecule has 0 spiro atoms. The predicted molar refractivity (Wildman–Crippen MR) is 112 cm³/mol. The summed E-state index contributed by atoms with van der Waals surface area (Å²) >= 11 is 0. The van der Waals surface area contributed by atoms with Gasteiger partial charge in [0.05, 0.1) is 23.6 Å². The first-order chi connectivity index (χ1) is 12.7. The Morgan fingerprint density at radius 1 is 1.11 bits per heavy atom. The van der Waals surface area contributed by atoms with Crippen molar-refractivity contribution in [1.29, 1.82) is 0 Å². The number of benzene rings is 1. The van der Waals surface area contributed by atoms with Gasteiger partial charge in [-0.3, -0.25) is 9.48 Å². The minimum atomic E-state index is -0.0453. The molecule has 2 rings (SSSR count). The maximum Gasteiger partial charge on any atom is 0.238 e.